The molecule has 9 heavy (non-hydrogen) atoms. The fourth-order valence-electron chi connectivity index (χ4n) is 1.23. The first-order valence-corrected chi connectivity index (χ1v) is 3.78. The summed E-state index contributed by atoms with van der Waals surface area (Å²) in [6, 6.07) is 0.612. The van der Waals surface area contributed by atoms with E-state index in [1.807, 2.05) is 0 Å². The Kier molecular flexibility index (Phi) is 2.49. The van der Waals surface area contributed by atoms with Crippen LogP contribution >= 0.6 is 0 Å². The van der Waals surface area contributed by atoms with Gasteiger partial charge in [0.1, 0.15) is 0 Å². The molecule has 1 fully saturated rings. The molecule has 0 aromatic rings. The van der Waals surface area contributed by atoms with Crippen LogP contribution in [0, 0.1) is 0 Å². The van der Waals surface area contributed by atoms with Crippen LogP contribution in [0.15, 0.2) is 0 Å². The van der Waals surface area contributed by atoms with E-state index < -0.39 is 0 Å². The molecule has 1 unspecified atom stereocenters. The molecule has 0 aromatic heterocycles. The quantitative estimate of drug-likeness (QED) is 0.572. The van der Waals surface area contributed by atoms with E-state index >= 15 is 0 Å². The molecular weight excluding hydrogens is 112 g/mol. The van der Waals surface area contributed by atoms with Crippen molar-refractivity contribution < 1.29 is 0 Å². The van der Waals surface area contributed by atoms with Crippen molar-refractivity contribution in [1.29, 1.82) is 0 Å². The van der Waals surface area contributed by atoms with E-state index in [1.54, 1.807) is 0 Å². The highest BCUT2D eigenvalue weighted by molar-refractivity contribution is 4.73. The monoisotopic (exact) mass is 128 g/mol. The van der Waals surface area contributed by atoms with Gasteiger partial charge < -0.3 is 5.32 Å². The van der Waals surface area contributed by atoms with Crippen molar-refractivity contribution in [3.8, 4) is 0 Å². The van der Waals surface area contributed by atoms with Crippen LogP contribution in [-0.2, 0) is 0 Å². The van der Waals surface area contributed by atoms with Gasteiger partial charge in [0, 0.05) is 6.04 Å². The maximum Gasteiger partial charge on any atom is 0.0574 e. The molecule has 1 heterocycles. The molecule has 1 rings (SSSR count). The maximum absolute atomic E-state index is 3.43. The molecule has 1 aliphatic heterocycles. The molecule has 1 aliphatic rings. The number of hydrogen-bond acceptors (Lipinski definition) is 2. The summed E-state index contributed by atoms with van der Waals surface area (Å²) in [6.07, 6.45) is 3.20. The zero-order chi connectivity index (χ0) is 6.69. The van der Waals surface area contributed by atoms with Crippen molar-refractivity contribution in [3.05, 3.63) is 0 Å². The lowest BCUT2D eigenvalue weighted by atomic mass is 10.3. The summed E-state index contributed by atoms with van der Waals surface area (Å²) in [5.41, 5.74) is 0. The Bertz CT molecular complexity index is 75.0. The molecule has 1 atom stereocenters. The van der Waals surface area contributed by atoms with Gasteiger partial charge >= 0.3 is 0 Å². The second-order valence-corrected chi connectivity index (χ2v) is 2.97. The van der Waals surface area contributed by atoms with Crippen molar-refractivity contribution in [1.82, 2.24) is 10.6 Å². The molecule has 0 amide bonds. The first-order chi connectivity index (χ1) is 4.29. The van der Waals surface area contributed by atoms with Crippen LogP contribution in [0.2, 0.25) is 0 Å². The molecular formula is C7H16N2. The minimum atomic E-state index is 0.588. The van der Waals surface area contributed by atoms with Crippen LogP contribution in [0.3, 0.4) is 0 Å². The number of hydrogen-bond donors (Lipinski definition) is 2. The third-order valence-corrected chi connectivity index (χ3v) is 1.59. The van der Waals surface area contributed by atoms with Gasteiger partial charge in [-0.15, -0.1) is 0 Å². The van der Waals surface area contributed by atoms with Crippen molar-refractivity contribution in [2.24, 2.45) is 0 Å². The van der Waals surface area contributed by atoms with Gasteiger partial charge in [0.15, 0.2) is 0 Å². The zero-order valence-electron chi connectivity index (χ0n) is 6.28. The normalized spacial score (nSPS) is 27.7. The lowest BCUT2D eigenvalue weighted by Gasteiger charge is -2.15. The average molecular weight is 128 g/mol. The van der Waals surface area contributed by atoms with Crippen LogP contribution in [0.4, 0.5) is 0 Å². The predicted octanol–water partition coefficient (Wildman–Crippen LogP) is 0.694. The summed E-state index contributed by atoms with van der Waals surface area (Å²) in [5.74, 6) is 0. The lowest BCUT2D eigenvalue weighted by molar-refractivity contribution is 0.439. The van der Waals surface area contributed by atoms with E-state index in [0.717, 1.165) is 0 Å². The van der Waals surface area contributed by atoms with Crippen LogP contribution < -0.4 is 10.6 Å². The minimum Gasteiger partial charge on any atom is -0.302 e. The van der Waals surface area contributed by atoms with Crippen LogP contribution in [0.1, 0.15) is 26.7 Å². The van der Waals surface area contributed by atoms with E-state index in [1.165, 1.54) is 19.4 Å². The van der Waals surface area contributed by atoms with Gasteiger partial charge in [-0.25, -0.2) is 0 Å². The molecule has 2 nitrogen and oxygen atoms in total. The molecule has 2 heteroatoms. The van der Waals surface area contributed by atoms with Gasteiger partial charge in [-0.1, -0.05) is 0 Å². The highest BCUT2D eigenvalue weighted by Crippen LogP contribution is 2.01. The van der Waals surface area contributed by atoms with E-state index in [9.17, 15) is 0 Å². The predicted molar refractivity (Wildman–Crippen MR) is 39.3 cm³/mol. The molecule has 0 bridgehead atoms. The number of nitrogens with one attached hydrogen (secondary N) is 2. The Hall–Kier alpha value is -0.0800. The van der Waals surface area contributed by atoms with Crippen molar-refractivity contribution >= 4 is 0 Å². The van der Waals surface area contributed by atoms with E-state index in [-0.39, 0.29) is 0 Å². The molecule has 0 spiro atoms. The first-order valence-electron chi connectivity index (χ1n) is 3.78. The van der Waals surface area contributed by atoms with Crippen molar-refractivity contribution in [2.75, 3.05) is 6.54 Å². The molecule has 0 aliphatic carbocycles. The van der Waals surface area contributed by atoms with Gasteiger partial charge in [0.05, 0.1) is 6.17 Å². The van der Waals surface area contributed by atoms with Crippen LogP contribution in [0.25, 0.3) is 0 Å². The third kappa shape index (κ3) is 2.33. The second kappa shape index (κ2) is 3.18. The largest absolute Gasteiger partial charge is 0.302 e. The molecule has 54 valence electrons. The highest BCUT2D eigenvalue weighted by Gasteiger charge is 2.12. The van der Waals surface area contributed by atoms with E-state index in [2.05, 4.69) is 24.5 Å². The molecule has 2 N–H and O–H groups in total. The fraction of sp³-hybridized carbons (Fsp3) is 1.00. The maximum atomic E-state index is 3.43. The van der Waals surface area contributed by atoms with Gasteiger partial charge in [0.25, 0.3) is 0 Å². The Morgan fingerprint density at radius 3 is 2.78 bits per heavy atom. The number of rotatable bonds is 2. The molecule has 0 aromatic carbocycles. The summed E-state index contributed by atoms with van der Waals surface area (Å²) >= 11 is 0. The lowest BCUT2D eigenvalue weighted by Crippen LogP contribution is -2.41. The summed E-state index contributed by atoms with van der Waals surface area (Å²) in [6.45, 7) is 5.55. The summed E-state index contributed by atoms with van der Waals surface area (Å²) in [5, 5.41) is 6.81. The summed E-state index contributed by atoms with van der Waals surface area (Å²) in [4.78, 5) is 0. The van der Waals surface area contributed by atoms with Gasteiger partial charge in [-0.3, -0.25) is 5.32 Å². The van der Waals surface area contributed by atoms with Crippen LogP contribution in [0.5, 0.6) is 0 Å². The first kappa shape index (κ1) is 7.03. The highest BCUT2D eigenvalue weighted by atomic mass is 15.1. The third-order valence-electron chi connectivity index (χ3n) is 1.59. The van der Waals surface area contributed by atoms with Crippen LogP contribution in [-0.4, -0.2) is 18.8 Å². The Morgan fingerprint density at radius 1 is 1.56 bits per heavy atom. The standard InChI is InChI=1S/C7H16N2/c1-6(2)9-7-4-3-5-8-7/h6-9H,3-5H2,1-2H3. The second-order valence-electron chi connectivity index (χ2n) is 2.97. The fourth-order valence-corrected chi connectivity index (χ4v) is 1.23. The zero-order valence-corrected chi connectivity index (χ0v) is 6.28. The van der Waals surface area contributed by atoms with E-state index in [0.29, 0.717) is 12.2 Å². The van der Waals surface area contributed by atoms with Crippen molar-refractivity contribution in [2.45, 2.75) is 38.9 Å². The Morgan fingerprint density at radius 2 is 2.33 bits per heavy atom. The summed E-state index contributed by atoms with van der Waals surface area (Å²) in [7, 11) is 0. The Labute approximate surface area is 57.0 Å². The summed E-state index contributed by atoms with van der Waals surface area (Å²) < 4.78 is 0. The molecule has 0 radical (unpaired) electrons. The topological polar surface area (TPSA) is 24.1 Å². The van der Waals surface area contributed by atoms with E-state index in [4.69, 9.17) is 0 Å². The molecule has 0 saturated carbocycles. The van der Waals surface area contributed by atoms with Crippen molar-refractivity contribution in [3.63, 3.8) is 0 Å². The van der Waals surface area contributed by atoms with Gasteiger partial charge in [0.2, 0.25) is 0 Å². The smallest absolute Gasteiger partial charge is 0.0574 e. The molecule has 1 saturated heterocycles. The minimum absolute atomic E-state index is 0.588. The average Bonchev–Trinajstić information content (AvgIpc) is 2.15. The SMILES string of the molecule is CC(C)NC1CCCN1. The Balaban J connectivity index is 2.11. The van der Waals surface area contributed by atoms with Gasteiger partial charge in [-0.2, -0.15) is 0 Å². The van der Waals surface area contributed by atoms with Gasteiger partial charge in [-0.05, 0) is 33.2 Å².